The van der Waals surface area contributed by atoms with Crippen LogP contribution in [0.1, 0.15) is 10.6 Å². The minimum absolute atomic E-state index is 0.651. The summed E-state index contributed by atoms with van der Waals surface area (Å²) in [6, 6.07) is 20.0. The number of nitrogens with zero attached hydrogens (tertiary/aromatic N) is 5. The molecule has 138 valence electrons. The first-order valence-electron chi connectivity index (χ1n) is 8.75. The van der Waals surface area contributed by atoms with Gasteiger partial charge in [0.05, 0.1) is 12.8 Å². The van der Waals surface area contributed by atoms with Crippen LogP contribution in [0.2, 0.25) is 0 Å². The Hall–Kier alpha value is -3.52. The number of aromatic nitrogens is 6. The minimum atomic E-state index is 0.651. The van der Waals surface area contributed by atoms with Crippen molar-refractivity contribution in [1.29, 1.82) is 0 Å². The van der Waals surface area contributed by atoms with Crippen LogP contribution >= 0.6 is 11.3 Å². The van der Waals surface area contributed by atoms with Gasteiger partial charge in [0.15, 0.2) is 0 Å². The number of hydrogen-bond acceptors (Lipinski definition) is 6. The highest BCUT2D eigenvalue weighted by atomic mass is 32.1. The summed E-state index contributed by atoms with van der Waals surface area (Å²) < 4.78 is 6.98. The Morgan fingerprint density at radius 1 is 1.04 bits per heavy atom. The van der Waals surface area contributed by atoms with Crippen LogP contribution in [0, 0.1) is 0 Å². The monoisotopic (exact) mass is 388 g/mol. The van der Waals surface area contributed by atoms with E-state index in [1.165, 1.54) is 5.56 Å². The molecule has 0 spiro atoms. The Balaban J connectivity index is 1.45. The van der Waals surface area contributed by atoms with Gasteiger partial charge in [-0.1, -0.05) is 41.7 Å². The second-order valence-electron chi connectivity index (χ2n) is 6.27. The van der Waals surface area contributed by atoms with Crippen molar-refractivity contribution in [3.8, 4) is 28.5 Å². The van der Waals surface area contributed by atoms with Crippen LogP contribution in [0.4, 0.5) is 0 Å². The first-order chi connectivity index (χ1) is 13.8. The molecule has 0 atom stereocenters. The second-order valence-corrected chi connectivity index (χ2v) is 7.31. The summed E-state index contributed by atoms with van der Waals surface area (Å²) in [4.78, 5) is 0.765. The van der Waals surface area contributed by atoms with Gasteiger partial charge >= 0.3 is 0 Å². The molecule has 3 heterocycles. The molecule has 0 aliphatic rings. The van der Waals surface area contributed by atoms with Gasteiger partial charge in [0.2, 0.25) is 10.8 Å². The summed E-state index contributed by atoms with van der Waals surface area (Å²) in [5, 5.41) is 21.7. The molecule has 8 heteroatoms. The van der Waals surface area contributed by atoms with Gasteiger partial charge in [0, 0.05) is 12.0 Å². The van der Waals surface area contributed by atoms with E-state index in [1.54, 1.807) is 23.0 Å². The van der Waals surface area contributed by atoms with E-state index in [9.17, 15) is 0 Å². The largest absolute Gasteiger partial charge is 0.497 e. The first kappa shape index (κ1) is 16.6. The molecule has 0 saturated heterocycles. The first-order valence-corrected chi connectivity index (χ1v) is 9.57. The third kappa shape index (κ3) is 3.03. The maximum atomic E-state index is 5.21. The van der Waals surface area contributed by atoms with Crippen LogP contribution < -0.4 is 4.74 Å². The molecular weight excluding hydrogens is 372 g/mol. The lowest BCUT2D eigenvalue weighted by atomic mass is 10.1. The molecule has 2 aromatic carbocycles. The molecule has 0 fully saturated rings. The van der Waals surface area contributed by atoms with Crippen LogP contribution in [0.3, 0.4) is 0 Å². The quantitative estimate of drug-likeness (QED) is 0.495. The molecule has 5 aromatic rings. The van der Waals surface area contributed by atoms with E-state index in [0.29, 0.717) is 5.82 Å². The van der Waals surface area contributed by atoms with Gasteiger partial charge in [-0.25, -0.2) is 0 Å². The number of aromatic amines is 1. The number of rotatable bonds is 5. The Morgan fingerprint density at radius 3 is 2.64 bits per heavy atom. The fourth-order valence-corrected chi connectivity index (χ4v) is 3.88. The van der Waals surface area contributed by atoms with Crippen molar-refractivity contribution in [3.05, 3.63) is 71.2 Å². The van der Waals surface area contributed by atoms with E-state index in [1.807, 2.05) is 48.5 Å². The van der Waals surface area contributed by atoms with E-state index in [0.717, 1.165) is 39.1 Å². The zero-order valence-corrected chi connectivity index (χ0v) is 15.8. The maximum Gasteiger partial charge on any atom is 0.235 e. The second kappa shape index (κ2) is 6.90. The molecular formula is C20H16N6OS. The third-order valence-corrected chi connectivity index (χ3v) is 5.33. The summed E-state index contributed by atoms with van der Waals surface area (Å²) in [5.41, 5.74) is 3.81. The van der Waals surface area contributed by atoms with Crippen molar-refractivity contribution in [2.24, 2.45) is 0 Å². The van der Waals surface area contributed by atoms with E-state index in [4.69, 9.17) is 9.84 Å². The normalized spacial score (nSPS) is 11.2. The zero-order valence-electron chi connectivity index (χ0n) is 15.0. The number of fused-ring (bicyclic) bond motifs is 1. The van der Waals surface area contributed by atoms with Crippen LogP contribution in [0.15, 0.2) is 60.7 Å². The average Bonchev–Trinajstić information content (AvgIpc) is 3.45. The van der Waals surface area contributed by atoms with Gasteiger partial charge in [0.25, 0.3) is 0 Å². The van der Waals surface area contributed by atoms with Crippen LogP contribution in [0.25, 0.3) is 27.7 Å². The Labute approximate surface area is 164 Å². The number of hydrogen-bond donors (Lipinski definition) is 1. The fourth-order valence-electron chi connectivity index (χ4n) is 3.01. The van der Waals surface area contributed by atoms with Crippen LogP contribution in [-0.4, -0.2) is 37.1 Å². The van der Waals surface area contributed by atoms with E-state index in [-0.39, 0.29) is 0 Å². The number of nitrogens with one attached hydrogen (secondary N) is 1. The van der Waals surface area contributed by atoms with Crippen LogP contribution in [0.5, 0.6) is 5.75 Å². The molecule has 0 aliphatic carbocycles. The Bertz CT molecular complexity index is 1220. The van der Waals surface area contributed by atoms with E-state index in [2.05, 4.69) is 32.5 Å². The third-order valence-electron chi connectivity index (χ3n) is 4.44. The summed E-state index contributed by atoms with van der Waals surface area (Å²) in [7, 11) is 1.65. The molecule has 3 aromatic heterocycles. The lowest BCUT2D eigenvalue weighted by Gasteiger charge is -1.99. The number of H-pyrrole nitrogens is 1. The van der Waals surface area contributed by atoms with Crippen LogP contribution in [-0.2, 0) is 6.42 Å². The molecule has 0 radical (unpaired) electrons. The van der Waals surface area contributed by atoms with Crippen molar-refractivity contribution in [1.82, 2.24) is 30.0 Å². The predicted molar refractivity (Wildman–Crippen MR) is 107 cm³/mol. The number of ether oxygens (including phenoxy) is 1. The summed E-state index contributed by atoms with van der Waals surface area (Å²) in [6.45, 7) is 0. The molecule has 0 saturated carbocycles. The topological polar surface area (TPSA) is 81.0 Å². The summed E-state index contributed by atoms with van der Waals surface area (Å²) in [6.07, 6.45) is 0.772. The van der Waals surface area contributed by atoms with Gasteiger partial charge in [-0.15, -0.1) is 10.2 Å². The maximum absolute atomic E-state index is 5.21. The molecule has 0 bridgehead atoms. The van der Waals surface area contributed by atoms with Gasteiger partial charge in [-0.2, -0.15) is 14.7 Å². The lowest BCUT2D eigenvalue weighted by molar-refractivity contribution is 0.415. The SMILES string of the molecule is COc1ccc(-c2cc(-c3nnc4sc(Cc5ccccc5)nn34)[nH]n2)cc1. The Morgan fingerprint density at radius 2 is 1.86 bits per heavy atom. The van der Waals surface area contributed by atoms with Gasteiger partial charge in [0.1, 0.15) is 16.5 Å². The van der Waals surface area contributed by atoms with Crippen molar-refractivity contribution in [2.75, 3.05) is 7.11 Å². The van der Waals surface area contributed by atoms with E-state index >= 15 is 0 Å². The smallest absolute Gasteiger partial charge is 0.235 e. The number of benzene rings is 2. The number of methoxy groups -OCH3 is 1. The highest BCUT2D eigenvalue weighted by molar-refractivity contribution is 7.16. The summed E-state index contributed by atoms with van der Waals surface area (Å²) in [5.74, 6) is 1.46. The molecule has 28 heavy (non-hydrogen) atoms. The lowest BCUT2D eigenvalue weighted by Crippen LogP contribution is -1.93. The van der Waals surface area contributed by atoms with E-state index < -0.39 is 0 Å². The molecule has 0 unspecified atom stereocenters. The standard InChI is InChI=1S/C20H16N6OS/c1-27-15-9-7-14(8-10-15)16-12-17(22-21-16)19-23-24-20-26(19)25-18(28-20)11-13-5-3-2-4-6-13/h2-10,12H,11H2,1H3,(H,21,22). The Kier molecular flexibility index (Phi) is 4.10. The van der Waals surface area contributed by atoms with Gasteiger partial charge in [-0.3, -0.25) is 5.10 Å². The van der Waals surface area contributed by atoms with Crippen molar-refractivity contribution < 1.29 is 4.74 Å². The molecule has 0 amide bonds. The fraction of sp³-hybridized carbons (Fsp3) is 0.100. The zero-order chi connectivity index (χ0) is 18.9. The highest BCUT2D eigenvalue weighted by Gasteiger charge is 2.16. The average molecular weight is 388 g/mol. The minimum Gasteiger partial charge on any atom is -0.497 e. The van der Waals surface area contributed by atoms with Gasteiger partial charge < -0.3 is 4.74 Å². The summed E-state index contributed by atoms with van der Waals surface area (Å²) >= 11 is 1.54. The van der Waals surface area contributed by atoms with Gasteiger partial charge in [-0.05, 0) is 35.9 Å². The van der Waals surface area contributed by atoms with Crippen molar-refractivity contribution >= 4 is 16.3 Å². The molecule has 5 rings (SSSR count). The molecule has 7 nitrogen and oxygen atoms in total. The highest BCUT2D eigenvalue weighted by Crippen LogP contribution is 2.26. The molecule has 1 N–H and O–H groups in total. The van der Waals surface area contributed by atoms with Crippen molar-refractivity contribution in [2.45, 2.75) is 6.42 Å². The van der Waals surface area contributed by atoms with Crippen molar-refractivity contribution in [3.63, 3.8) is 0 Å². The molecule has 0 aliphatic heterocycles. The predicted octanol–water partition coefficient (Wildman–Crippen LogP) is 3.84.